The summed E-state index contributed by atoms with van der Waals surface area (Å²) in [7, 11) is 0. The molecule has 1 amide bonds. The summed E-state index contributed by atoms with van der Waals surface area (Å²) in [5, 5.41) is 13.7. The molecule has 9 heteroatoms. The van der Waals surface area contributed by atoms with Crippen LogP contribution in [0.5, 0.6) is 0 Å². The molecular formula is C14H12N4O3S2. The van der Waals surface area contributed by atoms with Crippen molar-refractivity contribution in [3.05, 3.63) is 41.2 Å². The van der Waals surface area contributed by atoms with E-state index in [1.54, 1.807) is 29.8 Å². The smallest absolute Gasteiger partial charge is 0.313 e. The predicted molar refractivity (Wildman–Crippen MR) is 90.0 cm³/mol. The molecular weight excluding hydrogens is 336 g/mol. The van der Waals surface area contributed by atoms with Crippen molar-refractivity contribution < 1.29 is 14.7 Å². The number of hydrogen-bond acceptors (Lipinski definition) is 6. The lowest BCUT2D eigenvalue weighted by molar-refractivity contribution is -0.133. The molecule has 23 heavy (non-hydrogen) atoms. The van der Waals surface area contributed by atoms with Gasteiger partial charge in [-0.1, -0.05) is 0 Å². The highest BCUT2D eigenvalue weighted by Gasteiger charge is 2.10. The van der Waals surface area contributed by atoms with Crippen LogP contribution in [-0.2, 0) is 10.5 Å². The van der Waals surface area contributed by atoms with Crippen molar-refractivity contribution in [2.45, 2.75) is 5.75 Å². The summed E-state index contributed by atoms with van der Waals surface area (Å²) in [6.07, 6.45) is 1.62. The zero-order valence-electron chi connectivity index (χ0n) is 11.8. The number of thioether (sulfide) groups is 1. The average Bonchev–Trinajstić information content (AvgIpc) is 3.14. The fraction of sp³-hybridized carbons (Fsp3) is 0.143. The second-order valence-corrected chi connectivity index (χ2v) is 6.47. The van der Waals surface area contributed by atoms with E-state index in [0.717, 1.165) is 11.0 Å². The maximum absolute atomic E-state index is 12.2. The van der Waals surface area contributed by atoms with Crippen molar-refractivity contribution in [1.82, 2.24) is 15.0 Å². The first kappa shape index (κ1) is 15.5. The van der Waals surface area contributed by atoms with Crippen LogP contribution in [0.15, 0.2) is 29.8 Å². The molecule has 3 aromatic rings. The van der Waals surface area contributed by atoms with Crippen LogP contribution in [0.1, 0.15) is 16.2 Å². The molecule has 3 N–H and O–H groups in total. The van der Waals surface area contributed by atoms with Crippen molar-refractivity contribution in [2.24, 2.45) is 0 Å². The zero-order valence-corrected chi connectivity index (χ0v) is 13.4. The summed E-state index contributed by atoms with van der Waals surface area (Å²) in [6, 6.07) is 5.17. The Labute approximate surface area is 139 Å². The van der Waals surface area contributed by atoms with Crippen LogP contribution in [0.3, 0.4) is 0 Å². The molecule has 2 heterocycles. The highest BCUT2D eigenvalue weighted by molar-refractivity contribution is 7.99. The van der Waals surface area contributed by atoms with Crippen LogP contribution in [-0.4, -0.2) is 37.7 Å². The molecule has 7 nitrogen and oxygen atoms in total. The average molecular weight is 348 g/mol. The number of rotatable bonds is 6. The molecule has 0 spiro atoms. The lowest BCUT2D eigenvalue weighted by Crippen LogP contribution is -2.11. The first-order chi connectivity index (χ1) is 11.1. The first-order valence-electron chi connectivity index (χ1n) is 6.61. The summed E-state index contributed by atoms with van der Waals surface area (Å²) in [6.45, 7) is 0. The number of thiazole rings is 1. The summed E-state index contributed by atoms with van der Waals surface area (Å²) in [4.78, 5) is 34.2. The minimum absolute atomic E-state index is 0.0263. The number of carboxylic acids is 1. The Bertz CT molecular complexity index is 845. The van der Waals surface area contributed by atoms with Crippen molar-refractivity contribution >= 4 is 51.1 Å². The van der Waals surface area contributed by atoms with Crippen molar-refractivity contribution in [3.63, 3.8) is 0 Å². The van der Waals surface area contributed by atoms with Gasteiger partial charge in [-0.05, 0) is 18.2 Å². The van der Waals surface area contributed by atoms with Gasteiger partial charge in [0.25, 0.3) is 5.91 Å². The van der Waals surface area contributed by atoms with E-state index < -0.39 is 5.97 Å². The normalized spacial score (nSPS) is 10.8. The van der Waals surface area contributed by atoms with Crippen LogP contribution in [0.4, 0.5) is 5.13 Å². The Kier molecular flexibility index (Phi) is 4.58. The largest absolute Gasteiger partial charge is 0.481 e. The Morgan fingerprint density at radius 3 is 3.00 bits per heavy atom. The third-order valence-electron chi connectivity index (χ3n) is 2.91. The minimum Gasteiger partial charge on any atom is -0.481 e. The van der Waals surface area contributed by atoms with Gasteiger partial charge in [-0.25, -0.2) is 9.97 Å². The maximum atomic E-state index is 12.2. The van der Waals surface area contributed by atoms with Crippen LogP contribution < -0.4 is 5.32 Å². The van der Waals surface area contributed by atoms with E-state index in [1.807, 2.05) is 0 Å². The van der Waals surface area contributed by atoms with Crippen LogP contribution in [0.25, 0.3) is 11.0 Å². The van der Waals surface area contributed by atoms with Gasteiger partial charge in [0.05, 0.1) is 22.5 Å². The molecule has 0 bridgehead atoms. The monoisotopic (exact) mass is 348 g/mol. The Morgan fingerprint density at radius 2 is 2.26 bits per heavy atom. The van der Waals surface area contributed by atoms with Gasteiger partial charge >= 0.3 is 5.97 Å². The summed E-state index contributed by atoms with van der Waals surface area (Å²) in [5.41, 5.74) is 1.98. The maximum Gasteiger partial charge on any atom is 0.313 e. The van der Waals surface area contributed by atoms with Gasteiger partial charge in [-0.3, -0.25) is 14.9 Å². The molecule has 0 saturated heterocycles. The standard InChI is InChI=1S/C14H12N4O3S2/c19-12(20)7-22-6-11-16-9-2-1-8(5-10(9)17-11)13(21)18-14-15-3-4-23-14/h1-5H,6-7H2,(H,16,17)(H,19,20)(H,15,18,21). The number of nitrogens with one attached hydrogen (secondary N) is 2. The number of carbonyl (C=O) groups is 2. The van der Waals surface area contributed by atoms with Crippen LogP contribution in [0.2, 0.25) is 0 Å². The van der Waals surface area contributed by atoms with Gasteiger partial charge in [-0.15, -0.1) is 23.1 Å². The van der Waals surface area contributed by atoms with E-state index in [-0.39, 0.29) is 11.7 Å². The number of nitrogens with zero attached hydrogens (tertiary/aromatic N) is 2. The van der Waals surface area contributed by atoms with Gasteiger partial charge < -0.3 is 10.1 Å². The second-order valence-electron chi connectivity index (χ2n) is 4.59. The van der Waals surface area contributed by atoms with E-state index in [9.17, 15) is 9.59 Å². The van der Waals surface area contributed by atoms with E-state index >= 15 is 0 Å². The number of anilines is 1. The van der Waals surface area contributed by atoms with Crippen LogP contribution >= 0.6 is 23.1 Å². The zero-order chi connectivity index (χ0) is 16.2. The quantitative estimate of drug-likeness (QED) is 0.632. The number of imidazole rings is 1. The fourth-order valence-electron chi connectivity index (χ4n) is 1.96. The van der Waals surface area contributed by atoms with Gasteiger partial charge in [0.15, 0.2) is 5.13 Å². The van der Waals surface area contributed by atoms with E-state index in [2.05, 4.69) is 20.3 Å². The number of amides is 1. The Balaban J connectivity index is 1.73. The molecule has 0 aliphatic heterocycles. The topological polar surface area (TPSA) is 108 Å². The van der Waals surface area contributed by atoms with Gasteiger partial charge in [0.2, 0.25) is 0 Å². The SMILES string of the molecule is O=C(O)CSCc1nc2ccc(C(=O)Nc3nccs3)cc2[nH]1. The van der Waals surface area contributed by atoms with Gasteiger partial charge in [0.1, 0.15) is 5.82 Å². The summed E-state index contributed by atoms with van der Waals surface area (Å²) < 4.78 is 0. The highest BCUT2D eigenvalue weighted by atomic mass is 32.2. The number of aromatic amines is 1. The number of aromatic nitrogens is 3. The van der Waals surface area contributed by atoms with E-state index in [0.29, 0.717) is 22.3 Å². The fourth-order valence-corrected chi connectivity index (χ4v) is 3.09. The lowest BCUT2D eigenvalue weighted by Gasteiger charge is -2.01. The highest BCUT2D eigenvalue weighted by Crippen LogP contribution is 2.18. The second kappa shape index (κ2) is 6.80. The minimum atomic E-state index is -0.854. The van der Waals surface area contributed by atoms with Crippen molar-refractivity contribution in [2.75, 3.05) is 11.1 Å². The number of carboxylic acid groups (broad SMARTS) is 1. The Hall–Kier alpha value is -2.39. The van der Waals surface area contributed by atoms with Gasteiger partial charge in [0, 0.05) is 17.1 Å². The number of H-pyrrole nitrogens is 1. The molecule has 118 valence electrons. The molecule has 1 aromatic carbocycles. The summed E-state index contributed by atoms with van der Waals surface area (Å²) >= 11 is 2.61. The molecule has 0 unspecified atom stereocenters. The molecule has 0 saturated carbocycles. The van der Waals surface area contributed by atoms with Gasteiger partial charge in [-0.2, -0.15) is 0 Å². The molecule has 2 aromatic heterocycles. The molecule has 0 fully saturated rings. The number of hydrogen-bond donors (Lipinski definition) is 3. The van der Waals surface area contributed by atoms with Crippen molar-refractivity contribution in [1.29, 1.82) is 0 Å². The molecule has 0 aliphatic rings. The Morgan fingerprint density at radius 1 is 1.39 bits per heavy atom. The predicted octanol–water partition coefficient (Wildman–Crippen LogP) is 2.59. The third-order valence-corrected chi connectivity index (χ3v) is 4.53. The van der Waals surface area contributed by atoms with E-state index in [4.69, 9.17) is 5.11 Å². The number of aliphatic carboxylic acids is 1. The first-order valence-corrected chi connectivity index (χ1v) is 8.64. The summed E-state index contributed by atoms with van der Waals surface area (Å²) in [5.74, 6) is 0.0920. The number of fused-ring (bicyclic) bond motifs is 1. The third kappa shape index (κ3) is 3.88. The molecule has 0 atom stereocenters. The van der Waals surface area contributed by atoms with Crippen molar-refractivity contribution in [3.8, 4) is 0 Å². The van der Waals surface area contributed by atoms with E-state index in [1.165, 1.54) is 23.1 Å². The molecule has 0 radical (unpaired) electrons. The molecule has 0 aliphatic carbocycles. The molecule has 3 rings (SSSR count). The lowest BCUT2D eigenvalue weighted by atomic mass is 10.2. The number of benzene rings is 1. The number of carbonyl (C=O) groups excluding carboxylic acids is 1. The van der Waals surface area contributed by atoms with Crippen LogP contribution in [0, 0.1) is 0 Å².